The highest BCUT2D eigenvalue weighted by atomic mass is 14.7. The van der Waals surface area contributed by atoms with Crippen molar-refractivity contribution in [3.05, 3.63) is 65.5 Å². The average molecular weight is 194 g/mol. The molecule has 0 N–H and O–H groups in total. The van der Waals surface area contributed by atoms with Crippen molar-refractivity contribution in [1.82, 2.24) is 4.98 Å². The van der Waals surface area contributed by atoms with Crippen molar-refractivity contribution in [2.24, 2.45) is 0 Å². The van der Waals surface area contributed by atoms with Crippen molar-refractivity contribution < 1.29 is 0 Å². The SMILES string of the molecule is N#Cc1ccnc(Cc2ccccc2)c1. The van der Waals surface area contributed by atoms with Gasteiger partial charge in [-0.15, -0.1) is 0 Å². The Bertz CT molecular complexity index is 483. The fraction of sp³-hybridized carbons (Fsp3) is 0.0769. The number of hydrogen-bond donors (Lipinski definition) is 0. The Morgan fingerprint density at radius 2 is 1.93 bits per heavy atom. The predicted molar refractivity (Wildman–Crippen MR) is 58.2 cm³/mol. The van der Waals surface area contributed by atoms with Gasteiger partial charge in [-0.1, -0.05) is 30.3 Å². The lowest BCUT2D eigenvalue weighted by molar-refractivity contribution is 1.07. The van der Waals surface area contributed by atoms with Gasteiger partial charge in [0.15, 0.2) is 0 Å². The van der Waals surface area contributed by atoms with Gasteiger partial charge in [0.2, 0.25) is 0 Å². The highest BCUT2D eigenvalue weighted by molar-refractivity contribution is 5.31. The van der Waals surface area contributed by atoms with Crippen LogP contribution in [0.1, 0.15) is 16.8 Å². The fourth-order valence-electron chi connectivity index (χ4n) is 1.45. The fourth-order valence-corrected chi connectivity index (χ4v) is 1.45. The Labute approximate surface area is 88.8 Å². The maximum atomic E-state index is 8.75. The normalized spacial score (nSPS) is 9.53. The van der Waals surface area contributed by atoms with E-state index >= 15 is 0 Å². The first-order valence-corrected chi connectivity index (χ1v) is 4.77. The Hall–Kier alpha value is -2.14. The number of benzene rings is 1. The Morgan fingerprint density at radius 1 is 1.13 bits per heavy atom. The molecule has 0 saturated carbocycles. The van der Waals surface area contributed by atoms with Crippen molar-refractivity contribution in [2.45, 2.75) is 6.42 Å². The second kappa shape index (κ2) is 4.39. The molecule has 1 aromatic carbocycles. The van der Waals surface area contributed by atoms with Crippen LogP contribution in [0.15, 0.2) is 48.7 Å². The van der Waals surface area contributed by atoms with Crippen LogP contribution in [-0.2, 0) is 6.42 Å². The molecule has 0 fully saturated rings. The monoisotopic (exact) mass is 194 g/mol. The molecular formula is C13H10N2. The van der Waals surface area contributed by atoms with E-state index in [0.717, 1.165) is 12.1 Å². The first-order chi connectivity index (χ1) is 7.38. The molecule has 0 saturated heterocycles. The number of aromatic nitrogens is 1. The summed E-state index contributed by atoms with van der Waals surface area (Å²) in [6.07, 6.45) is 2.45. The molecule has 15 heavy (non-hydrogen) atoms. The van der Waals surface area contributed by atoms with Gasteiger partial charge in [-0.2, -0.15) is 5.26 Å². The van der Waals surface area contributed by atoms with Crippen LogP contribution in [0.25, 0.3) is 0 Å². The van der Waals surface area contributed by atoms with E-state index in [1.807, 2.05) is 24.3 Å². The van der Waals surface area contributed by atoms with E-state index in [-0.39, 0.29) is 0 Å². The maximum absolute atomic E-state index is 8.75. The summed E-state index contributed by atoms with van der Waals surface area (Å²) in [6.45, 7) is 0. The van der Waals surface area contributed by atoms with E-state index in [1.165, 1.54) is 5.56 Å². The van der Waals surface area contributed by atoms with Gasteiger partial charge in [0, 0.05) is 18.3 Å². The van der Waals surface area contributed by atoms with Gasteiger partial charge in [0.25, 0.3) is 0 Å². The summed E-state index contributed by atoms with van der Waals surface area (Å²) < 4.78 is 0. The summed E-state index contributed by atoms with van der Waals surface area (Å²) in [5.41, 5.74) is 2.80. The highest BCUT2D eigenvalue weighted by Gasteiger charge is 1.98. The van der Waals surface area contributed by atoms with E-state index in [9.17, 15) is 0 Å². The highest BCUT2D eigenvalue weighted by Crippen LogP contribution is 2.07. The number of nitriles is 1. The van der Waals surface area contributed by atoms with Crippen LogP contribution in [0.5, 0.6) is 0 Å². The summed E-state index contributed by atoms with van der Waals surface area (Å²) >= 11 is 0. The molecule has 0 atom stereocenters. The van der Waals surface area contributed by atoms with E-state index in [4.69, 9.17) is 5.26 Å². The molecule has 0 unspecified atom stereocenters. The zero-order valence-corrected chi connectivity index (χ0v) is 8.22. The van der Waals surface area contributed by atoms with Crippen LogP contribution in [0.3, 0.4) is 0 Å². The second-order valence-electron chi connectivity index (χ2n) is 3.31. The van der Waals surface area contributed by atoms with E-state index in [2.05, 4.69) is 23.2 Å². The van der Waals surface area contributed by atoms with Crippen LogP contribution in [0.2, 0.25) is 0 Å². The molecule has 0 amide bonds. The summed E-state index contributed by atoms with van der Waals surface area (Å²) in [7, 11) is 0. The summed E-state index contributed by atoms with van der Waals surface area (Å²) in [4.78, 5) is 4.23. The quantitative estimate of drug-likeness (QED) is 0.736. The largest absolute Gasteiger partial charge is 0.261 e. The number of rotatable bonds is 2. The molecule has 0 radical (unpaired) electrons. The molecule has 0 aliphatic heterocycles. The average Bonchev–Trinajstić information content (AvgIpc) is 2.31. The molecule has 2 rings (SSSR count). The zero-order valence-electron chi connectivity index (χ0n) is 8.22. The minimum absolute atomic E-state index is 0.663. The van der Waals surface area contributed by atoms with Crippen LogP contribution in [-0.4, -0.2) is 4.98 Å². The van der Waals surface area contributed by atoms with Gasteiger partial charge in [-0.3, -0.25) is 4.98 Å². The van der Waals surface area contributed by atoms with E-state index in [0.29, 0.717) is 5.56 Å². The lowest BCUT2D eigenvalue weighted by atomic mass is 10.1. The standard InChI is InChI=1S/C13H10N2/c14-10-12-6-7-15-13(9-12)8-11-4-2-1-3-5-11/h1-7,9H,8H2. The number of hydrogen-bond acceptors (Lipinski definition) is 2. The van der Waals surface area contributed by atoms with Crippen LogP contribution in [0.4, 0.5) is 0 Å². The molecule has 1 heterocycles. The third-order valence-corrected chi connectivity index (χ3v) is 2.17. The number of nitrogens with zero attached hydrogens (tertiary/aromatic N) is 2. The van der Waals surface area contributed by atoms with Gasteiger partial charge in [0.05, 0.1) is 11.6 Å². The second-order valence-corrected chi connectivity index (χ2v) is 3.31. The molecule has 1 aromatic heterocycles. The smallest absolute Gasteiger partial charge is 0.0992 e. The molecule has 0 aliphatic carbocycles. The molecule has 0 spiro atoms. The Balaban J connectivity index is 2.22. The van der Waals surface area contributed by atoms with Gasteiger partial charge >= 0.3 is 0 Å². The Kier molecular flexibility index (Phi) is 2.75. The number of pyridine rings is 1. The first kappa shape index (κ1) is 9.42. The predicted octanol–water partition coefficient (Wildman–Crippen LogP) is 2.54. The van der Waals surface area contributed by atoms with Gasteiger partial charge in [-0.25, -0.2) is 0 Å². The van der Waals surface area contributed by atoms with Crippen molar-refractivity contribution in [2.75, 3.05) is 0 Å². The zero-order chi connectivity index (χ0) is 10.5. The third kappa shape index (κ3) is 2.41. The van der Waals surface area contributed by atoms with E-state index in [1.54, 1.807) is 12.3 Å². The Morgan fingerprint density at radius 3 is 2.67 bits per heavy atom. The van der Waals surface area contributed by atoms with E-state index < -0.39 is 0 Å². The van der Waals surface area contributed by atoms with Crippen LogP contribution >= 0.6 is 0 Å². The third-order valence-electron chi connectivity index (χ3n) is 2.17. The van der Waals surface area contributed by atoms with Crippen molar-refractivity contribution in [3.63, 3.8) is 0 Å². The topological polar surface area (TPSA) is 36.7 Å². The molecule has 72 valence electrons. The van der Waals surface area contributed by atoms with Gasteiger partial charge in [0.1, 0.15) is 0 Å². The van der Waals surface area contributed by atoms with Crippen molar-refractivity contribution >= 4 is 0 Å². The molecule has 2 aromatic rings. The molecule has 2 nitrogen and oxygen atoms in total. The van der Waals surface area contributed by atoms with Gasteiger partial charge in [-0.05, 0) is 17.7 Å². The maximum Gasteiger partial charge on any atom is 0.0992 e. The molecule has 0 bridgehead atoms. The summed E-state index contributed by atoms with van der Waals surface area (Å²) in [5.74, 6) is 0. The minimum atomic E-state index is 0.663. The summed E-state index contributed by atoms with van der Waals surface area (Å²) in [5, 5.41) is 8.75. The lowest BCUT2D eigenvalue weighted by Crippen LogP contribution is -1.92. The molecular weight excluding hydrogens is 184 g/mol. The first-order valence-electron chi connectivity index (χ1n) is 4.77. The minimum Gasteiger partial charge on any atom is -0.261 e. The molecule has 2 heteroatoms. The van der Waals surface area contributed by atoms with Gasteiger partial charge < -0.3 is 0 Å². The lowest BCUT2D eigenvalue weighted by Gasteiger charge is -2.00. The van der Waals surface area contributed by atoms with Crippen molar-refractivity contribution in [3.8, 4) is 6.07 Å². The van der Waals surface area contributed by atoms with Crippen molar-refractivity contribution in [1.29, 1.82) is 5.26 Å². The van der Waals surface area contributed by atoms with Crippen LogP contribution < -0.4 is 0 Å². The summed E-state index contributed by atoms with van der Waals surface area (Å²) in [6, 6.07) is 15.8. The molecule has 0 aliphatic rings. The van der Waals surface area contributed by atoms with Crippen LogP contribution in [0, 0.1) is 11.3 Å².